The second-order valence-electron chi connectivity index (χ2n) is 4.71. The Labute approximate surface area is 111 Å². The fourth-order valence-electron chi connectivity index (χ4n) is 2.42. The predicted molar refractivity (Wildman–Crippen MR) is 76.1 cm³/mol. The summed E-state index contributed by atoms with van der Waals surface area (Å²) >= 11 is 0. The van der Waals surface area contributed by atoms with E-state index < -0.39 is 0 Å². The van der Waals surface area contributed by atoms with Gasteiger partial charge in [-0.2, -0.15) is 0 Å². The molecule has 0 heterocycles. The lowest BCUT2D eigenvalue weighted by atomic mass is 9.82. The fraction of sp³-hybridized carbons (Fsp3) is 0.625. The molecular weight excluding hydrogens is 224 g/mol. The predicted octanol–water partition coefficient (Wildman–Crippen LogP) is 3.95. The number of aromatic hydroxyl groups is 1. The molecule has 0 aliphatic heterocycles. The van der Waals surface area contributed by atoms with E-state index in [2.05, 4.69) is 19.9 Å². The minimum absolute atomic E-state index is 0.265. The molecule has 1 aromatic rings. The highest BCUT2D eigenvalue weighted by molar-refractivity contribution is 5.41. The van der Waals surface area contributed by atoms with Crippen LogP contribution in [0.4, 0.5) is 0 Å². The standard InChI is InChI=1S/C14H20O2.C2H6/c1-3-7-16-14-9-12-11(8-10(14)2)5-4-6-13(12)15;1-2/h4-6,10,14-15H,3,7-9H2,1-2H3;1-2H3/t10-,14-;/m1./s1. The van der Waals surface area contributed by atoms with Crippen molar-refractivity contribution in [2.45, 2.75) is 53.1 Å². The van der Waals surface area contributed by atoms with Crippen molar-refractivity contribution in [2.24, 2.45) is 5.92 Å². The third-order valence-corrected chi connectivity index (χ3v) is 3.37. The van der Waals surface area contributed by atoms with Crippen molar-refractivity contribution >= 4 is 0 Å². The van der Waals surface area contributed by atoms with Crippen LogP contribution in [0.3, 0.4) is 0 Å². The van der Waals surface area contributed by atoms with Gasteiger partial charge in [0.15, 0.2) is 0 Å². The normalized spacial score (nSPS) is 21.8. The maximum absolute atomic E-state index is 9.83. The lowest BCUT2D eigenvalue weighted by Gasteiger charge is -2.31. The van der Waals surface area contributed by atoms with Crippen LogP contribution < -0.4 is 0 Å². The summed E-state index contributed by atoms with van der Waals surface area (Å²) in [5.41, 5.74) is 2.37. The van der Waals surface area contributed by atoms with Crippen LogP contribution in [0.15, 0.2) is 18.2 Å². The van der Waals surface area contributed by atoms with E-state index in [9.17, 15) is 5.11 Å². The molecule has 0 radical (unpaired) electrons. The average molecular weight is 250 g/mol. The molecule has 1 aliphatic rings. The Morgan fingerprint density at radius 1 is 1.28 bits per heavy atom. The van der Waals surface area contributed by atoms with E-state index in [-0.39, 0.29) is 6.10 Å². The zero-order valence-electron chi connectivity index (χ0n) is 12.1. The van der Waals surface area contributed by atoms with Crippen LogP contribution in [0, 0.1) is 5.92 Å². The number of ether oxygens (including phenoxy) is 1. The van der Waals surface area contributed by atoms with Crippen molar-refractivity contribution < 1.29 is 9.84 Å². The van der Waals surface area contributed by atoms with E-state index >= 15 is 0 Å². The third kappa shape index (κ3) is 3.49. The van der Waals surface area contributed by atoms with Crippen molar-refractivity contribution in [1.29, 1.82) is 0 Å². The summed E-state index contributed by atoms with van der Waals surface area (Å²) in [6, 6.07) is 5.81. The van der Waals surface area contributed by atoms with Gasteiger partial charge in [0.05, 0.1) is 6.10 Å². The quantitative estimate of drug-likeness (QED) is 0.880. The highest BCUT2D eigenvalue weighted by Crippen LogP contribution is 2.32. The smallest absolute Gasteiger partial charge is 0.119 e. The molecule has 0 aromatic heterocycles. The molecule has 0 spiro atoms. The van der Waals surface area contributed by atoms with Crippen molar-refractivity contribution in [3.8, 4) is 5.75 Å². The Morgan fingerprint density at radius 3 is 2.67 bits per heavy atom. The van der Waals surface area contributed by atoms with Crippen LogP contribution in [-0.2, 0) is 17.6 Å². The molecule has 1 aromatic carbocycles. The molecular formula is C16H26O2. The number of hydrogen-bond donors (Lipinski definition) is 1. The average Bonchev–Trinajstić information content (AvgIpc) is 2.39. The van der Waals surface area contributed by atoms with Crippen molar-refractivity contribution in [1.82, 2.24) is 0 Å². The maximum atomic E-state index is 9.83. The molecule has 0 saturated carbocycles. The van der Waals surface area contributed by atoms with Crippen molar-refractivity contribution in [3.05, 3.63) is 29.3 Å². The molecule has 1 N–H and O–H groups in total. The molecule has 0 saturated heterocycles. The van der Waals surface area contributed by atoms with E-state index in [4.69, 9.17) is 4.74 Å². The van der Waals surface area contributed by atoms with Crippen LogP contribution in [0.5, 0.6) is 5.75 Å². The van der Waals surface area contributed by atoms with Gasteiger partial charge in [0.1, 0.15) is 5.75 Å². The largest absolute Gasteiger partial charge is 0.508 e. The Morgan fingerprint density at radius 2 is 2.00 bits per heavy atom. The van der Waals surface area contributed by atoms with Gasteiger partial charge in [-0.05, 0) is 36.0 Å². The molecule has 2 atom stereocenters. The lowest BCUT2D eigenvalue weighted by Crippen LogP contribution is -2.31. The summed E-state index contributed by atoms with van der Waals surface area (Å²) in [5, 5.41) is 9.83. The van der Waals surface area contributed by atoms with Gasteiger partial charge < -0.3 is 9.84 Å². The van der Waals surface area contributed by atoms with E-state index in [1.807, 2.05) is 19.9 Å². The summed E-state index contributed by atoms with van der Waals surface area (Å²) < 4.78 is 5.85. The van der Waals surface area contributed by atoms with Gasteiger partial charge in [0.25, 0.3) is 0 Å². The SMILES string of the molecule is CC.CCCO[C@@H]1Cc2c(O)cccc2C[C@H]1C. The first-order chi connectivity index (χ1) is 8.72. The van der Waals surface area contributed by atoms with Crippen LogP contribution in [-0.4, -0.2) is 17.8 Å². The van der Waals surface area contributed by atoms with Crippen LogP contribution in [0.1, 0.15) is 45.2 Å². The number of fused-ring (bicyclic) bond motifs is 1. The Hall–Kier alpha value is -1.02. The Bertz CT molecular complexity index is 360. The maximum Gasteiger partial charge on any atom is 0.119 e. The van der Waals surface area contributed by atoms with Crippen LogP contribution in [0.2, 0.25) is 0 Å². The van der Waals surface area contributed by atoms with E-state index in [1.165, 1.54) is 5.56 Å². The second kappa shape index (κ2) is 7.42. The van der Waals surface area contributed by atoms with Gasteiger partial charge in [-0.3, -0.25) is 0 Å². The molecule has 2 heteroatoms. The summed E-state index contributed by atoms with van der Waals surface area (Å²) in [7, 11) is 0. The van der Waals surface area contributed by atoms with Gasteiger partial charge in [0, 0.05) is 13.0 Å². The zero-order valence-corrected chi connectivity index (χ0v) is 12.1. The zero-order chi connectivity index (χ0) is 13.5. The Balaban J connectivity index is 0.000000771. The Kier molecular flexibility index (Phi) is 6.20. The number of hydrogen-bond acceptors (Lipinski definition) is 2. The highest BCUT2D eigenvalue weighted by Gasteiger charge is 2.27. The first kappa shape index (κ1) is 15.0. The number of rotatable bonds is 3. The summed E-state index contributed by atoms with van der Waals surface area (Å²) in [5.74, 6) is 0.968. The molecule has 2 nitrogen and oxygen atoms in total. The summed E-state index contributed by atoms with van der Waals surface area (Å²) in [4.78, 5) is 0. The lowest BCUT2D eigenvalue weighted by molar-refractivity contribution is 0.0130. The second-order valence-corrected chi connectivity index (χ2v) is 4.71. The topological polar surface area (TPSA) is 29.5 Å². The van der Waals surface area contributed by atoms with Gasteiger partial charge in [-0.15, -0.1) is 0 Å². The molecule has 0 fully saturated rings. The van der Waals surface area contributed by atoms with Gasteiger partial charge >= 0.3 is 0 Å². The highest BCUT2D eigenvalue weighted by atomic mass is 16.5. The molecule has 0 bridgehead atoms. The molecule has 18 heavy (non-hydrogen) atoms. The van der Waals surface area contributed by atoms with Crippen LogP contribution >= 0.6 is 0 Å². The molecule has 102 valence electrons. The number of benzene rings is 1. The van der Waals surface area contributed by atoms with Gasteiger partial charge in [-0.25, -0.2) is 0 Å². The minimum Gasteiger partial charge on any atom is -0.508 e. The molecule has 1 aliphatic carbocycles. The van der Waals surface area contributed by atoms with Crippen LogP contribution in [0.25, 0.3) is 0 Å². The molecule has 2 rings (SSSR count). The van der Waals surface area contributed by atoms with Crippen molar-refractivity contribution in [2.75, 3.05) is 6.61 Å². The summed E-state index contributed by atoms with van der Waals surface area (Å²) in [6.07, 6.45) is 3.18. The monoisotopic (exact) mass is 250 g/mol. The minimum atomic E-state index is 0.265. The fourth-order valence-corrected chi connectivity index (χ4v) is 2.42. The van der Waals surface area contributed by atoms with E-state index in [1.54, 1.807) is 6.07 Å². The first-order valence-electron chi connectivity index (χ1n) is 7.13. The van der Waals surface area contributed by atoms with Gasteiger partial charge in [0.2, 0.25) is 0 Å². The van der Waals surface area contributed by atoms with E-state index in [0.29, 0.717) is 11.7 Å². The van der Waals surface area contributed by atoms with Gasteiger partial charge in [-0.1, -0.05) is 39.8 Å². The number of phenolic OH excluding ortho intramolecular Hbond substituents is 1. The molecule has 0 unspecified atom stereocenters. The molecule has 0 amide bonds. The summed E-state index contributed by atoms with van der Waals surface area (Å²) in [6.45, 7) is 9.17. The van der Waals surface area contributed by atoms with E-state index in [0.717, 1.165) is 31.4 Å². The first-order valence-corrected chi connectivity index (χ1v) is 7.13. The van der Waals surface area contributed by atoms with Crippen molar-refractivity contribution in [3.63, 3.8) is 0 Å². The third-order valence-electron chi connectivity index (χ3n) is 3.37. The number of phenols is 1.